The van der Waals surface area contributed by atoms with E-state index in [1.807, 2.05) is 0 Å². The SMILES string of the molecule is CNC(CCCNC(=O)c1cnccn1)C(=O)O. The highest BCUT2D eigenvalue weighted by atomic mass is 16.4. The first-order valence-corrected chi connectivity index (χ1v) is 5.59. The third-order valence-corrected chi connectivity index (χ3v) is 2.40. The average molecular weight is 252 g/mol. The fraction of sp³-hybridized carbons (Fsp3) is 0.455. The number of nitrogens with zero attached hydrogens (tertiary/aromatic N) is 2. The van der Waals surface area contributed by atoms with Gasteiger partial charge in [-0.05, 0) is 19.9 Å². The lowest BCUT2D eigenvalue weighted by molar-refractivity contribution is -0.139. The van der Waals surface area contributed by atoms with Crippen LogP contribution in [0.15, 0.2) is 18.6 Å². The number of carbonyl (C=O) groups excluding carboxylic acids is 1. The second-order valence-corrected chi connectivity index (χ2v) is 3.67. The lowest BCUT2D eigenvalue weighted by Gasteiger charge is -2.10. The maximum absolute atomic E-state index is 11.5. The van der Waals surface area contributed by atoms with Crippen LogP contribution in [0, 0.1) is 0 Å². The number of carbonyl (C=O) groups is 2. The van der Waals surface area contributed by atoms with Crippen LogP contribution in [-0.2, 0) is 4.79 Å². The van der Waals surface area contributed by atoms with Gasteiger partial charge in [0.25, 0.3) is 5.91 Å². The molecule has 0 aliphatic carbocycles. The zero-order valence-electron chi connectivity index (χ0n) is 10.1. The van der Waals surface area contributed by atoms with Gasteiger partial charge in [0.05, 0.1) is 6.20 Å². The zero-order valence-corrected chi connectivity index (χ0v) is 10.1. The largest absolute Gasteiger partial charge is 0.480 e. The molecule has 0 saturated carbocycles. The molecule has 0 spiro atoms. The van der Waals surface area contributed by atoms with Crippen molar-refractivity contribution in [2.45, 2.75) is 18.9 Å². The van der Waals surface area contributed by atoms with Crippen LogP contribution >= 0.6 is 0 Å². The molecule has 1 aromatic rings. The van der Waals surface area contributed by atoms with Gasteiger partial charge in [-0.2, -0.15) is 0 Å². The average Bonchev–Trinajstić information content (AvgIpc) is 2.39. The van der Waals surface area contributed by atoms with Crippen LogP contribution in [0.5, 0.6) is 0 Å². The van der Waals surface area contributed by atoms with Crippen molar-refractivity contribution in [1.82, 2.24) is 20.6 Å². The highest BCUT2D eigenvalue weighted by Crippen LogP contribution is 1.97. The van der Waals surface area contributed by atoms with Crippen LogP contribution in [0.3, 0.4) is 0 Å². The summed E-state index contributed by atoms with van der Waals surface area (Å²) in [7, 11) is 1.59. The minimum absolute atomic E-state index is 0.251. The summed E-state index contributed by atoms with van der Waals surface area (Å²) in [5, 5.41) is 14.1. The van der Waals surface area contributed by atoms with Gasteiger partial charge in [0.15, 0.2) is 0 Å². The van der Waals surface area contributed by atoms with Gasteiger partial charge in [0.1, 0.15) is 11.7 Å². The van der Waals surface area contributed by atoms with E-state index in [-0.39, 0.29) is 11.6 Å². The highest BCUT2D eigenvalue weighted by molar-refractivity contribution is 5.91. The van der Waals surface area contributed by atoms with Crippen LogP contribution in [0.2, 0.25) is 0 Å². The predicted molar refractivity (Wildman–Crippen MR) is 64.1 cm³/mol. The van der Waals surface area contributed by atoms with Gasteiger partial charge in [0.2, 0.25) is 0 Å². The molecule has 7 nitrogen and oxygen atoms in total. The fourth-order valence-corrected chi connectivity index (χ4v) is 1.41. The molecule has 0 aromatic carbocycles. The Labute approximate surface area is 105 Å². The molecule has 1 amide bonds. The number of hydrogen-bond donors (Lipinski definition) is 3. The van der Waals surface area contributed by atoms with Crippen molar-refractivity contribution in [3.8, 4) is 0 Å². The lowest BCUT2D eigenvalue weighted by Crippen LogP contribution is -2.35. The molecule has 1 aromatic heterocycles. The zero-order chi connectivity index (χ0) is 13.4. The van der Waals surface area contributed by atoms with E-state index in [0.717, 1.165) is 0 Å². The number of carboxylic acids is 1. The molecular weight excluding hydrogens is 236 g/mol. The van der Waals surface area contributed by atoms with Gasteiger partial charge < -0.3 is 15.7 Å². The van der Waals surface area contributed by atoms with Gasteiger partial charge in [0, 0.05) is 18.9 Å². The number of carboxylic acid groups (broad SMARTS) is 1. The number of likely N-dealkylation sites (N-methyl/N-ethyl adjacent to an activating group) is 1. The van der Waals surface area contributed by atoms with E-state index in [9.17, 15) is 9.59 Å². The van der Waals surface area contributed by atoms with Gasteiger partial charge in [-0.15, -0.1) is 0 Å². The Balaban J connectivity index is 2.26. The number of hydrogen-bond acceptors (Lipinski definition) is 5. The maximum atomic E-state index is 11.5. The molecule has 0 saturated heterocycles. The summed E-state index contributed by atoms with van der Waals surface area (Å²) in [5.74, 6) is -1.20. The van der Waals surface area contributed by atoms with Gasteiger partial charge in [-0.3, -0.25) is 14.6 Å². The number of nitrogens with one attached hydrogen (secondary N) is 2. The minimum Gasteiger partial charge on any atom is -0.480 e. The summed E-state index contributed by atoms with van der Waals surface area (Å²) in [6, 6.07) is -0.585. The van der Waals surface area contributed by atoms with Gasteiger partial charge >= 0.3 is 5.97 Å². The molecule has 1 heterocycles. The number of aliphatic carboxylic acids is 1. The summed E-state index contributed by atoms with van der Waals surface area (Å²) in [5.41, 5.74) is 0.251. The number of rotatable bonds is 7. The molecule has 0 bridgehead atoms. The van der Waals surface area contributed by atoms with E-state index >= 15 is 0 Å². The Hall–Kier alpha value is -2.02. The van der Waals surface area contributed by atoms with Crippen molar-refractivity contribution in [1.29, 1.82) is 0 Å². The van der Waals surface area contributed by atoms with Crippen molar-refractivity contribution >= 4 is 11.9 Å². The van der Waals surface area contributed by atoms with Gasteiger partial charge in [-0.25, -0.2) is 4.98 Å². The van der Waals surface area contributed by atoms with E-state index in [4.69, 9.17) is 5.11 Å². The second-order valence-electron chi connectivity index (χ2n) is 3.67. The van der Waals surface area contributed by atoms with Crippen LogP contribution in [-0.4, -0.2) is 46.6 Å². The second kappa shape index (κ2) is 7.33. The quantitative estimate of drug-likeness (QED) is 0.573. The molecular formula is C11H16N4O3. The smallest absolute Gasteiger partial charge is 0.320 e. The van der Waals surface area contributed by atoms with E-state index in [0.29, 0.717) is 19.4 Å². The molecule has 98 valence electrons. The molecule has 18 heavy (non-hydrogen) atoms. The maximum Gasteiger partial charge on any atom is 0.320 e. The van der Waals surface area contributed by atoms with E-state index < -0.39 is 12.0 Å². The lowest BCUT2D eigenvalue weighted by atomic mass is 10.1. The first kappa shape index (κ1) is 14.0. The van der Waals surface area contributed by atoms with Crippen LogP contribution in [0.25, 0.3) is 0 Å². The molecule has 1 unspecified atom stereocenters. The van der Waals surface area contributed by atoms with Crippen molar-refractivity contribution in [3.63, 3.8) is 0 Å². The summed E-state index contributed by atoms with van der Waals surface area (Å²) < 4.78 is 0. The molecule has 0 aliphatic heterocycles. The van der Waals surface area contributed by atoms with Crippen molar-refractivity contribution < 1.29 is 14.7 Å². The number of amides is 1. The van der Waals surface area contributed by atoms with Crippen LogP contribution < -0.4 is 10.6 Å². The Kier molecular flexibility index (Phi) is 5.72. The first-order valence-electron chi connectivity index (χ1n) is 5.59. The highest BCUT2D eigenvalue weighted by Gasteiger charge is 2.14. The molecule has 1 rings (SSSR count). The summed E-state index contributed by atoms with van der Waals surface area (Å²) in [6.07, 6.45) is 5.33. The third kappa shape index (κ3) is 4.46. The number of aromatic nitrogens is 2. The van der Waals surface area contributed by atoms with Crippen molar-refractivity contribution in [3.05, 3.63) is 24.3 Å². The summed E-state index contributed by atoms with van der Waals surface area (Å²) in [6.45, 7) is 0.404. The molecule has 0 aliphatic rings. The Morgan fingerprint density at radius 2 is 2.22 bits per heavy atom. The van der Waals surface area contributed by atoms with Gasteiger partial charge in [-0.1, -0.05) is 0 Å². The Bertz CT molecular complexity index is 397. The minimum atomic E-state index is -0.891. The Morgan fingerprint density at radius 3 is 2.78 bits per heavy atom. The predicted octanol–water partition coefficient (Wildman–Crippen LogP) is -0.341. The monoisotopic (exact) mass is 252 g/mol. The van der Waals surface area contributed by atoms with E-state index in [1.54, 1.807) is 7.05 Å². The molecule has 7 heteroatoms. The third-order valence-electron chi connectivity index (χ3n) is 2.40. The van der Waals surface area contributed by atoms with Crippen LogP contribution in [0.4, 0.5) is 0 Å². The Morgan fingerprint density at radius 1 is 1.44 bits per heavy atom. The fourth-order valence-electron chi connectivity index (χ4n) is 1.41. The van der Waals surface area contributed by atoms with Crippen molar-refractivity contribution in [2.24, 2.45) is 0 Å². The van der Waals surface area contributed by atoms with Crippen LogP contribution in [0.1, 0.15) is 23.3 Å². The molecule has 3 N–H and O–H groups in total. The summed E-state index contributed by atoms with van der Waals surface area (Å²) in [4.78, 5) is 29.9. The molecule has 1 atom stereocenters. The first-order chi connectivity index (χ1) is 8.65. The topological polar surface area (TPSA) is 104 Å². The molecule has 0 radical (unpaired) electrons. The summed E-state index contributed by atoms with van der Waals surface area (Å²) >= 11 is 0. The van der Waals surface area contributed by atoms with E-state index in [1.165, 1.54) is 18.6 Å². The normalized spacial score (nSPS) is 11.8. The van der Waals surface area contributed by atoms with Crippen molar-refractivity contribution in [2.75, 3.05) is 13.6 Å². The standard InChI is InChI=1S/C11H16N4O3/c1-12-8(11(17)18)3-2-4-15-10(16)9-7-13-5-6-14-9/h5-8,12H,2-4H2,1H3,(H,15,16)(H,17,18). The van der Waals surface area contributed by atoms with E-state index in [2.05, 4.69) is 20.6 Å². The molecule has 0 fully saturated rings.